The number of anilines is 3. The van der Waals surface area contributed by atoms with Crippen molar-refractivity contribution in [2.24, 2.45) is 0 Å². The van der Waals surface area contributed by atoms with Gasteiger partial charge < -0.3 is 13.7 Å². The Balaban J connectivity index is 1.09. The van der Waals surface area contributed by atoms with E-state index in [4.69, 9.17) is 8.83 Å². The maximum atomic E-state index is 6.90. The van der Waals surface area contributed by atoms with Gasteiger partial charge in [0, 0.05) is 43.9 Å². The van der Waals surface area contributed by atoms with Crippen LogP contribution in [0.4, 0.5) is 17.1 Å². The minimum absolute atomic E-state index is 0.110. The Labute approximate surface area is 301 Å². The van der Waals surface area contributed by atoms with Crippen molar-refractivity contribution in [2.75, 3.05) is 4.90 Å². The Kier molecular flexibility index (Phi) is 6.01. The SMILES string of the molecule is CC1(C)c2ccccc2-c2ccc(N(c3ccccc3)c3cccc4c3oc3cc5c(cc34)oc3c(-c4ccc6ccccc6c4)cccc35)cc21. The second kappa shape index (κ2) is 10.7. The average molecular weight is 668 g/mol. The summed E-state index contributed by atoms with van der Waals surface area (Å²) in [5.41, 5.74) is 14.0. The average Bonchev–Trinajstić information content (AvgIpc) is 3.82. The maximum absolute atomic E-state index is 6.90. The highest BCUT2D eigenvalue weighted by Crippen LogP contribution is 2.51. The van der Waals surface area contributed by atoms with Crippen LogP contribution in [-0.2, 0) is 5.41 Å². The van der Waals surface area contributed by atoms with Gasteiger partial charge in [-0.3, -0.25) is 0 Å². The van der Waals surface area contributed by atoms with Crippen LogP contribution in [0, 0.1) is 0 Å². The van der Waals surface area contributed by atoms with E-state index < -0.39 is 0 Å². The van der Waals surface area contributed by atoms with Gasteiger partial charge in [-0.1, -0.05) is 129 Å². The van der Waals surface area contributed by atoms with E-state index in [1.165, 1.54) is 33.0 Å². The Morgan fingerprint density at radius 3 is 1.90 bits per heavy atom. The van der Waals surface area contributed by atoms with E-state index in [0.717, 1.165) is 72.1 Å². The Morgan fingerprint density at radius 1 is 0.423 bits per heavy atom. The Hall–Kier alpha value is -6.58. The molecule has 0 fully saturated rings. The van der Waals surface area contributed by atoms with Crippen molar-refractivity contribution in [3.05, 3.63) is 175 Å². The molecule has 2 aromatic heterocycles. The standard InChI is InChI=1S/C49H33NO2/c1-49(2)42-20-9-8-16-36(42)37-25-24-34(27-43(37)49)50(33-14-4-3-5-15-33)44-21-11-19-39-41-29-45-40(28-46(41)52-48(39)44)38-18-10-17-35(47(38)51-45)32-23-22-30-12-6-7-13-31(30)26-32/h3-29H,1-2H3. The molecule has 10 aromatic rings. The van der Waals surface area contributed by atoms with Crippen molar-refractivity contribution >= 4 is 71.7 Å². The van der Waals surface area contributed by atoms with Gasteiger partial charge in [0.2, 0.25) is 0 Å². The van der Waals surface area contributed by atoms with E-state index in [2.05, 4.69) is 183 Å². The molecule has 0 saturated carbocycles. The highest BCUT2D eigenvalue weighted by molar-refractivity contribution is 6.18. The number of fused-ring (bicyclic) bond motifs is 10. The predicted molar refractivity (Wildman–Crippen MR) is 216 cm³/mol. The molecule has 0 amide bonds. The van der Waals surface area contributed by atoms with Crippen molar-refractivity contribution in [1.82, 2.24) is 0 Å². The van der Waals surface area contributed by atoms with E-state index in [-0.39, 0.29) is 5.41 Å². The van der Waals surface area contributed by atoms with Gasteiger partial charge in [-0.25, -0.2) is 0 Å². The summed E-state index contributed by atoms with van der Waals surface area (Å²) in [5, 5.41) is 6.66. The third-order valence-corrected chi connectivity index (χ3v) is 11.2. The van der Waals surface area contributed by atoms with Crippen LogP contribution in [0.2, 0.25) is 0 Å². The molecule has 11 rings (SSSR count). The molecule has 0 unspecified atom stereocenters. The van der Waals surface area contributed by atoms with Gasteiger partial charge in [0.05, 0.1) is 5.69 Å². The van der Waals surface area contributed by atoms with Gasteiger partial charge in [0.1, 0.15) is 16.7 Å². The molecule has 1 aliphatic rings. The van der Waals surface area contributed by atoms with Crippen LogP contribution in [0.5, 0.6) is 0 Å². The molecule has 0 radical (unpaired) electrons. The van der Waals surface area contributed by atoms with Gasteiger partial charge in [-0.15, -0.1) is 0 Å². The number of hydrogen-bond acceptors (Lipinski definition) is 3. The molecular formula is C49H33NO2. The zero-order valence-electron chi connectivity index (χ0n) is 28.9. The van der Waals surface area contributed by atoms with Crippen molar-refractivity contribution in [3.8, 4) is 22.3 Å². The molecule has 0 atom stereocenters. The lowest BCUT2D eigenvalue weighted by molar-refractivity contribution is 0.660. The van der Waals surface area contributed by atoms with Gasteiger partial charge in [0.15, 0.2) is 5.58 Å². The zero-order chi connectivity index (χ0) is 34.6. The first-order valence-electron chi connectivity index (χ1n) is 17.9. The Bertz CT molecular complexity index is 3050. The molecule has 52 heavy (non-hydrogen) atoms. The molecule has 3 heteroatoms. The van der Waals surface area contributed by atoms with Crippen molar-refractivity contribution < 1.29 is 8.83 Å². The maximum Gasteiger partial charge on any atom is 0.159 e. The fraction of sp³-hybridized carbons (Fsp3) is 0.0612. The monoisotopic (exact) mass is 667 g/mol. The number of benzene rings is 8. The molecule has 0 spiro atoms. The first-order chi connectivity index (χ1) is 25.5. The number of para-hydroxylation sites is 3. The highest BCUT2D eigenvalue weighted by Gasteiger charge is 2.36. The molecule has 1 aliphatic carbocycles. The summed E-state index contributed by atoms with van der Waals surface area (Å²) in [6, 6.07) is 58.6. The quantitative estimate of drug-likeness (QED) is 0.187. The summed E-state index contributed by atoms with van der Waals surface area (Å²) < 4.78 is 13.6. The normalized spacial score (nSPS) is 13.3. The molecule has 0 bridgehead atoms. The first-order valence-corrected chi connectivity index (χ1v) is 17.9. The Morgan fingerprint density at radius 2 is 1.08 bits per heavy atom. The van der Waals surface area contributed by atoms with Gasteiger partial charge in [0.25, 0.3) is 0 Å². The third kappa shape index (κ3) is 4.14. The molecule has 0 aliphatic heterocycles. The van der Waals surface area contributed by atoms with E-state index in [9.17, 15) is 0 Å². The lowest BCUT2D eigenvalue weighted by Gasteiger charge is -2.28. The summed E-state index contributed by atoms with van der Waals surface area (Å²) in [5.74, 6) is 0. The van der Waals surface area contributed by atoms with Crippen LogP contribution in [0.25, 0.3) is 76.9 Å². The van der Waals surface area contributed by atoms with Crippen LogP contribution in [0.1, 0.15) is 25.0 Å². The summed E-state index contributed by atoms with van der Waals surface area (Å²) in [4.78, 5) is 2.33. The highest BCUT2D eigenvalue weighted by atomic mass is 16.3. The van der Waals surface area contributed by atoms with Crippen LogP contribution in [-0.4, -0.2) is 0 Å². The lowest BCUT2D eigenvalue weighted by atomic mass is 9.82. The smallest absolute Gasteiger partial charge is 0.159 e. The van der Waals surface area contributed by atoms with E-state index in [1.54, 1.807) is 0 Å². The van der Waals surface area contributed by atoms with Gasteiger partial charge in [-0.2, -0.15) is 0 Å². The van der Waals surface area contributed by atoms with Crippen LogP contribution < -0.4 is 4.90 Å². The van der Waals surface area contributed by atoms with E-state index >= 15 is 0 Å². The molecule has 0 saturated heterocycles. The van der Waals surface area contributed by atoms with E-state index in [1.807, 2.05) is 0 Å². The lowest BCUT2D eigenvalue weighted by Crippen LogP contribution is -2.16. The molecule has 246 valence electrons. The predicted octanol–water partition coefficient (Wildman–Crippen LogP) is 14.1. The summed E-state index contributed by atoms with van der Waals surface area (Å²) in [6.45, 7) is 4.66. The summed E-state index contributed by atoms with van der Waals surface area (Å²) >= 11 is 0. The number of rotatable bonds is 4. The second-order valence-electron chi connectivity index (χ2n) is 14.5. The number of nitrogens with zero attached hydrogens (tertiary/aromatic N) is 1. The van der Waals surface area contributed by atoms with Crippen molar-refractivity contribution in [2.45, 2.75) is 19.3 Å². The summed E-state index contributed by atoms with van der Waals surface area (Å²) in [6.07, 6.45) is 0. The molecule has 2 heterocycles. The molecule has 3 nitrogen and oxygen atoms in total. The zero-order valence-corrected chi connectivity index (χ0v) is 28.9. The molecular weight excluding hydrogens is 635 g/mol. The van der Waals surface area contributed by atoms with Crippen molar-refractivity contribution in [3.63, 3.8) is 0 Å². The minimum atomic E-state index is -0.110. The van der Waals surface area contributed by atoms with Crippen LogP contribution in [0.3, 0.4) is 0 Å². The van der Waals surface area contributed by atoms with Crippen LogP contribution >= 0.6 is 0 Å². The molecule has 8 aromatic carbocycles. The van der Waals surface area contributed by atoms with Crippen molar-refractivity contribution in [1.29, 1.82) is 0 Å². The third-order valence-electron chi connectivity index (χ3n) is 11.2. The van der Waals surface area contributed by atoms with Gasteiger partial charge in [-0.05, 0) is 87.1 Å². The number of furan rings is 2. The largest absolute Gasteiger partial charge is 0.455 e. The minimum Gasteiger partial charge on any atom is -0.455 e. The van der Waals surface area contributed by atoms with Gasteiger partial charge >= 0.3 is 0 Å². The number of hydrogen-bond donors (Lipinski definition) is 0. The summed E-state index contributed by atoms with van der Waals surface area (Å²) in [7, 11) is 0. The van der Waals surface area contributed by atoms with Crippen LogP contribution in [0.15, 0.2) is 173 Å². The molecule has 0 N–H and O–H groups in total. The fourth-order valence-electron chi connectivity index (χ4n) is 8.67. The second-order valence-corrected chi connectivity index (χ2v) is 14.5. The van der Waals surface area contributed by atoms with E-state index in [0.29, 0.717) is 0 Å². The first kappa shape index (κ1) is 29.2. The fourth-order valence-corrected chi connectivity index (χ4v) is 8.67. The topological polar surface area (TPSA) is 29.5 Å².